The molecule has 0 radical (unpaired) electrons. The topological polar surface area (TPSA) is 157 Å². The SMILES string of the molecule is COC(=O)C1=C(C)NC(C)=C(C(=O)OCCc2ccc(OCCCC(O)CO)cc2)C1c1cccc([N+](=O)[O-])c1. The summed E-state index contributed by atoms with van der Waals surface area (Å²) in [4.78, 5) is 37.0. The lowest BCUT2D eigenvalue weighted by Gasteiger charge is -2.30. The molecule has 3 N–H and O–H groups in total. The number of benzene rings is 2. The van der Waals surface area contributed by atoms with Crippen LogP contribution in [-0.4, -0.2) is 60.1 Å². The number of nitro groups is 1. The molecule has 214 valence electrons. The third-order valence-corrected chi connectivity index (χ3v) is 6.51. The summed E-state index contributed by atoms with van der Waals surface area (Å²) in [6, 6.07) is 13.1. The average molecular weight is 555 g/mol. The van der Waals surface area contributed by atoms with Crippen LogP contribution in [0.15, 0.2) is 71.1 Å². The third kappa shape index (κ3) is 7.67. The molecule has 0 spiro atoms. The molecule has 3 rings (SSSR count). The van der Waals surface area contributed by atoms with Gasteiger partial charge < -0.3 is 29.7 Å². The number of hydrogen-bond donors (Lipinski definition) is 3. The summed E-state index contributed by atoms with van der Waals surface area (Å²) in [6.07, 6.45) is 0.734. The van der Waals surface area contributed by atoms with E-state index in [1.54, 1.807) is 32.0 Å². The number of rotatable bonds is 13. The van der Waals surface area contributed by atoms with Gasteiger partial charge in [-0.25, -0.2) is 9.59 Å². The van der Waals surface area contributed by atoms with Crippen molar-refractivity contribution in [3.63, 3.8) is 0 Å². The van der Waals surface area contributed by atoms with Gasteiger partial charge in [0, 0.05) is 29.9 Å². The van der Waals surface area contributed by atoms with Gasteiger partial charge >= 0.3 is 11.9 Å². The molecule has 2 aromatic rings. The fraction of sp³-hybridized carbons (Fsp3) is 0.379. The van der Waals surface area contributed by atoms with Crippen molar-refractivity contribution in [1.29, 1.82) is 0 Å². The summed E-state index contributed by atoms with van der Waals surface area (Å²) in [7, 11) is 1.23. The molecule has 11 heteroatoms. The highest BCUT2D eigenvalue weighted by molar-refractivity contribution is 5.99. The number of ether oxygens (including phenoxy) is 3. The van der Waals surface area contributed by atoms with E-state index in [1.807, 2.05) is 12.1 Å². The van der Waals surface area contributed by atoms with Crippen LogP contribution in [0.1, 0.15) is 43.7 Å². The molecule has 2 atom stereocenters. The number of carbonyl (C=O) groups excluding carboxylic acids is 2. The molecule has 0 fully saturated rings. The molecule has 0 amide bonds. The van der Waals surface area contributed by atoms with Crippen molar-refractivity contribution < 1.29 is 38.9 Å². The van der Waals surface area contributed by atoms with Gasteiger partial charge in [0.1, 0.15) is 5.75 Å². The Hall–Kier alpha value is -4.22. The first kappa shape index (κ1) is 30.3. The molecule has 11 nitrogen and oxygen atoms in total. The lowest BCUT2D eigenvalue weighted by atomic mass is 9.80. The van der Waals surface area contributed by atoms with E-state index in [0.29, 0.717) is 48.6 Å². The minimum absolute atomic E-state index is 0.0623. The molecule has 1 aliphatic heterocycles. The number of aliphatic hydroxyl groups excluding tert-OH is 2. The summed E-state index contributed by atoms with van der Waals surface area (Å²) >= 11 is 0. The van der Waals surface area contributed by atoms with Crippen molar-refractivity contribution >= 4 is 17.6 Å². The lowest BCUT2D eigenvalue weighted by Crippen LogP contribution is -2.32. The van der Waals surface area contributed by atoms with Crippen molar-refractivity contribution in [2.24, 2.45) is 0 Å². The summed E-state index contributed by atoms with van der Waals surface area (Å²) < 4.78 is 16.2. The number of nitrogens with zero attached hydrogens (tertiary/aromatic N) is 1. The van der Waals surface area contributed by atoms with Crippen LogP contribution in [-0.2, 0) is 25.5 Å². The Labute approximate surface area is 232 Å². The largest absolute Gasteiger partial charge is 0.494 e. The number of nitrogens with one attached hydrogen (secondary N) is 1. The molecule has 0 saturated carbocycles. The monoisotopic (exact) mass is 554 g/mol. The quantitative estimate of drug-likeness (QED) is 0.145. The predicted octanol–water partition coefficient (Wildman–Crippen LogP) is 3.30. The molecule has 40 heavy (non-hydrogen) atoms. The summed E-state index contributed by atoms with van der Waals surface area (Å²) in [5, 5.41) is 32.7. The Kier molecular flexibility index (Phi) is 10.8. The van der Waals surface area contributed by atoms with Crippen LogP contribution in [0.4, 0.5) is 5.69 Å². The Morgan fingerprint density at radius 3 is 2.35 bits per heavy atom. The Bertz CT molecular complexity index is 1280. The number of esters is 2. The summed E-state index contributed by atoms with van der Waals surface area (Å²) in [6.45, 7) is 3.55. The molecule has 2 unspecified atom stereocenters. The summed E-state index contributed by atoms with van der Waals surface area (Å²) in [5.74, 6) is -1.58. The van der Waals surface area contributed by atoms with Gasteiger partial charge in [0.05, 0.1) is 55.0 Å². The van der Waals surface area contributed by atoms with E-state index in [0.717, 1.165) is 5.56 Å². The molecule has 0 aromatic heterocycles. The van der Waals surface area contributed by atoms with Crippen LogP contribution in [0.3, 0.4) is 0 Å². The smallest absolute Gasteiger partial charge is 0.336 e. The fourth-order valence-electron chi connectivity index (χ4n) is 4.49. The summed E-state index contributed by atoms with van der Waals surface area (Å²) in [5.41, 5.74) is 2.42. The van der Waals surface area contributed by atoms with Gasteiger partial charge in [-0.1, -0.05) is 24.3 Å². The highest BCUT2D eigenvalue weighted by Crippen LogP contribution is 2.40. The first-order valence-electron chi connectivity index (χ1n) is 12.8. The Morgan fingerprint density at radius 2 is 1.73 bits per heavy atom. The molecule has 1 heterocycles. The number of methoxy groups -OCH3 is 1. The van der Waals surface area contributed by atoms with Crippen molar-refractivity contribution in [3.05, 3.63) is 92.3 Å². The second-order valence-corrected chi connectivity index (χ2v) is 9.34. The van der Waals surface area contributed by atoms with Crippen LogP contribution >= 0.6 is 0 Å². The molecule has 0 saturated heterocycles. The van der Waals surface area contributed by atoms with Crippen LogP contribution in [0.5, 0.6) is 5.75 Å². The normalized spacial score (nSPS) is 15.8. The fourth-order valence-corrected chi connectivity index (χ4v) is 4.49. The zero-order valence-corrected chi connectivity index (χ0v) is 22.7. The molecule has 1 aliphatic rings. The van der Waals surface area contributed by atoms with Gasteiger partial charge in [0.25, 0.3) is 5.69 Å². The van der Waals surface area contributed by atoms with E-state index in [2.05, 4.69) is 5.32 Å². The van der Waals surface area contributed by atoms with Crippen molar-refractivity contribution in [3.8, 4) is 5.75 Å². The maximum atomic E-state index is 13.4. The van der Waals surface area contributed by atoms with Crippen molar-refractivity contribution in [2.45, 2.75) is 45.1 Å². The third-order valence-electron chi connectivity index (χ3n) is 6.51. The van der Waals surface area contributed by atoms with Gasteiger partial charge in [0.2, 0.25) is 0 Å². The second-order valence-electron chi connectivity index (χ2n) is 9.34. The van der Waals surface area contributed by atoms with Crippen LogP contribution < -0.4 is 10.1 Å². The Balaban J connectivity index is 1.70. The lowest BCUT2D eigenvalue weighted by molar-refractivity contribution is -0.384. The maximum Gasteiger partial charge on any atom is 0.336 e. The molecule has 0 aliphatic carbocycles. The first-order chi connectivity index (χ1) is 19.2. The van der Waals surface area contributed by atoms with Crippen LogP contribution in [0.2, 0.25) is 0 Å². The van der Waals surface area contributed by atoms with Crippen LogP contribution in [0, 0.1) is 10.1 Å². The second kappa shape index (κ2) is 14.2. The van der Waals surface area contributed by atoms with E-state index in [9.17, 15) is 24.8 Å². The van der Waals surface area contributed by atoms with E-state index in [1.165, 1.54) is 25.3 Å². The number of dihydropyridines is 1. The zero-order chi connectivity index (χ0) is 29.2. The predicted molar refractivity (Wildman–Crippen MR) is 145 cm³/mol. The van der Waals surface area contributed by atoms with Gasteiger partial charge in [-0.15, -0.1) is 0 Å². The van der Waals surface area contributed by atoms with Gasteiger partial charge in [-0.3, -0.25) is 10.1 Å². The van der Waals surface area contributed by atoms with Gasteiger partial charge in [-0.2, -0.15) is 0 Å². The van der Waals surface area contributed by atoms with E-state index in [-0.39, 0.29) is 30.0 Å². The molecule has 2 aromatic carbocycles. The van der Waals surface area contributed by atoms with Crippen molar-refractivity contribution in [1.82, 2.24) is 5.32 Å². The standard InChI is InChI=1S/C29H34N2O9/c1-18-25(28(34)38-3)27(21-6-4-7-22(16-21)31(36)37)26(19(2)30-18)29(35)40-15-13-20-9-11-24(12-10-20)39-14-5-8-23(33)17-32/h4,6-7,9-12,16,23,27,30,32-33H,5,8,13-15,17H2,1-3H3. The maximum absolute atomic E-state index is 13.4. The van der Waals surface area contributed by atoms with Crippen LogP contribution in [0.25, 0.3) is 0 Å². The van der Waals surface area contributed by atoms with Crippen molar-refractivity contribution in [2.75, 3.05) is 26.9 Å². The minimum Gasteiger partial charge on any atom is -0.494 e. The number of hydrogen-bond acceptors (Lipinski definition) is 10. The highest BCUT2D eigenvalue weighted by atomic mass is 16.6. The number of aliphatic hydroxyl groups is 2. The number of carbonyl (C=O) groups is 2. The van der Waals surface area contributed by atoms with E-state index < -0.39 is 28.9 Å². The zero-order valence-electron chi connectivity index (χ0n) is 22.7. The van der Waals surface area contributed by atoms with E-state index >= 15 is 0 Å². The van der Waals surface area contributed by atoms with Gasteiger partial charge in [-0.05, 0) is 49.9 Å². The molecular weight excluding hydrogens is 520 g/mol. The number of non-ortho nitro benzene ring substituents is 1. The minimum atomic E-state index is -0.920. The highest BCUT2D eigenvalue weighted by Gasteiger charge is 2.38. The molecule has 0 bridgehead atoms. The van der Waals surface area contributed by atoms with Gasteiger partial charge in [0.15, 0.2) is 0 Å². The average Bonchev–Trinajstić information content (AvgIpc) is 2.95. The number of allylic oxidation sites excluding steroid dienone is 2. The Morgan fingerprint density at radius 1 is 1.05 bits per heavy atom. The van der Waals surface area contributed by atoms with E-state index in [4.69, 9.17) is 19.3 Å². The first-order valence-corrected chi connectivity index (χ1v) is 12.8. The number of nitro benzene ring substituents is 1. The molecular formula is C29H34N2O9.